The van der Waals surface area contributed by atoms with Crippen LogP contribution in [0.4, 0.5) is 0 Å². The molecule has 0 unspecified atom stereocenters. The fraction of sp³-hybridized carbons (Fsp3) is 0.200. The number of Topliss-reactive ketones (excluding diaryl/α,β-unsaturated/α-hetero) is 1. The van der Waals surface area contributed by atoms with Crippen LogP contribution in [0, 0.1) is 0 Å². The predicted molar refractivity (Wildman–Crippen MR) is 105 cm³/mol. The lowest BCUT2D eigenvalue weighted by Crippen LogP contribution is -2.15. The molecule has 0 N–H and O–H groups in total. The average Bonchev–Trinajstić information content (AvgIpc) is 2.96. The molecule has 0 spiro atoms. The molecule has 1 aliphatic rings. The van der Waals surface area contributed by atoms with Crippen LogP contribution in [0.1, 0.15) is 22.8 Å². The van der Waals surface area contributed by atoms with Crippen molar-refractivity contribution in [3.05, 3.63) is 57.5 Å². The molecule has 1 heterocycles. The first-order valence-electron chi connectivity index (χ1n) is 8.22. The van der Waals surface area contributed by atoms with Gasteiger partial charge in [0.2, 0.25) is 5.78 Å². The lowest BCUT2D eigenvalue weighted by Gasteiger charge is -2.13. The van der Waals surface area contributed by atoms with Crippen molar-refractivity contribution in [1.82, 2.24) is 0 Å². The fourth-order valence-electron chi connectivity index (χ4n) is 2.58. The first-order chi connectivity index (χ1) is 13.0. The standard InChI is InChI=1S/C20H17ClO5S/c1-3-25-18(22)11-26-20-14(21)8-12(9-15(20)24-2)10-17-19(23)13-6-4-5-7-16(13)27-17/h4-10H,3,11H2,1-2H3/b17-10+. The summed E-state index contributed by atoms with van der Waals surface area (Å²) in [6, 6.07) is 10.8. The first-order valence-corrected chi connectivity index (χ1v) is 9.42. The molecule has 2 aromatic carbocycles. The predicted octanol–water partition coefficient (Wildman–Crippen LogP) is 4.62. The number of fused-ring (bicyclic) bond motifs is 1. The molecule has 140 valence electrons. The fourth-order valence-corrected chi connectivity index (χ4v) is 3.91. The maximum Gasteiger partial charge on any atom is 0.344 e. The molecule has 0 saturated carbocycles. The quantitative estimate of drug-likeness (QED) is 0.517. The zero-order valence-corrected chi connectivity index (χ0v) is 16.4. The summed E-state index contributed by atoms with van der Waals surface area (Å²) < 4.78 is 15.6. The number of esters is 1. The second-order valence-corrected chi connectivity index (χ2v) is 7.05. The number of carbonyl (C=O) groups excluding carboxylic acids is 2. The third-order valence-corrected chi connectivity index (χ3v) is 5.14. The molecule has 0 bridgehead atoms. The van der Waals surface area contributed by atoms with Crippen LogP contribution in [-0.2, 0) is 9.53 Å². The Morgan fingerprint density at radius 3 is 2.74 bits per heavy atom. The van der Waals surface area contributed by atoms with Crippen LogP contribution in [0.3, 0.4) is 0 Å². The van der Waals surface area contributed by atoms with Gasteiger partial charge >= 0.3 is 5.97 Å². The van der Waals surface area contributed by atoms with Gasteiger partial charge < -0.3 is 14.2 Å². The summed E-state index contributed by atoms with van der Waals surface area (Å²) in [5.74, 6) is 0.107. The molecular weight excluding hydrogens is 388 g/mol. The molecular formula is C20H17ClO5S. The molecule has 0 aliphatic carbocycles. The molecule has 0 amide bonds. The van der Waals surface area contributed by atoms with Crippen LogP contribution in [0.15, 0.2) is 46.2 Å². The molecule has 0 radical (unpaired) electrons. The van der Waals surface area contributed by atoms with Gasteiger partial charge in [-0.05, 0) is 42.8 Å². The number of halogens is 1. The minimum Gasteiger partial charge on any atom is -0.493 e. The molecule has 7 heteroatoms. The van der Waals surface area contributed by atoms with Gasteiger partial charge in [-0.15, -0.1) is 0 Å². The number of allylic oxidation sites excluding steroid dienone is 1. The van der Waals surface area contributed by atoms with Crippen LogP contribution in [-0.4, -0.2) is 32.1 Å². The normalized spacial score (nSPS) is 14.2. The van der Waals surface area contributed by atoms with E-state index in [4.69, 9.17) is 25.8 Å². The number of thioether (sulfide) groups is 1. The Morgan fingerprint density at radius 1 is 1.26 bits per heavy atom. The largest absolute Gasteiger partial charge is 0.493 e. The van der Waals surface area contributed by atoms with Crippen molar-refractivity contribution in [1.29, 1.82) is 0 Å². The Balaban J connectivity index is 1.85. The van der Waals surface area contributed by atoms with Crippen molar-refractivity contribution >= 4 is 41.2 Å². The van der Waals surface area contributed by atoms with E-state index < -0.39 is 5.97 Å². The molecule has 0 saturated heterocycles. The van der Waals surface area contributed by atoms with E-state index in [-0.39, 0.29) is 29.8 Å². The molecule has 3 rings (SSSR count). The number of methoxy groups -OCH3 is 1. The summed E-state index contributed by atoms with van der Waals surface area (Å²) in [6.45, 7) is 1.72. The van der Waals surface area contributed by atoms with Gasteiger partial charge in [0.15, 0.2) is 18.1 Å². The molecule has 0 fully saturated rings. The third kappa shape index (κ3) is 4.28. The summed E-state index contributed by atoms with van der Waals surface area (Å²) in [5, 5.41) is 0.276. The van der Waals surface area contributed by atoms with Gasteiger partial charge in [-0.2, -0.15) is 0 Å². The smallest absolute Gasteiger partial charge is 0.344 e. The second kappa shape index (κ2) is 8.50. The highest BCUT2D eigenvalue weighted by molar-refractivity contribution is 8.04. The number of ketones is 1. The minimum atomic E-state index is -0.493. The van der Waals surface area contributed by atoms with E-state index in [1.807, 2.05) is 24.3 Å². The minimum absolute atomic E-state index is 0.0201. The van der Waals surface area contributed by atoms with Gasteiger partial charge in [0.05, 0.1) is 23.6 Å². The molecule has 0 atom stereocenters. The maximum atomic E-state index is 12.5. The van der Waals surface area contributed by atoms with Crippen LogP contribution in [0.25, 0.3) is 6.08 Å². The number of carbonyl (C=O) groups is 2. The highest BCUT2D eigenvalue weighted by atomic mass is 35.5. The van der Waals surface area contributed by atoms with E-state index in [1.54, 1.807) is 25.1 Å². The number of benzene rings is 2. The third-order valence-electron chi connectivity index (χ3n) is 3.76. The highest BCUT2D eigenvalue weighted by Gasteiger charge is 2.25. The van der Waals surface area contributed by atoms with Gasteiger partial charge in [-0.25, -0.2) is 4.79 Å². The Hall–Kier alpha value is -2.44. The van der Waals surface area contributed by atoms with E-state index in [0.29, 0.717) is 21.8 Å². The summed E-state index contributed by atoms with van der Waals surface area (Å²) >= 11 is 7.72. The lowest BCUT2D eigenvalue weighted by molar-refractivity contribution is -0.145. The average molecular weight is 405 g/mol. The summed E-state index contributed by atoms with van der Waals surface area (Å²) in [6.07, 6.45) is 1.76. The van der Waals surface area contributed by atoms with E-state index in [0.717, 1.165) is 4.90 Å². The SMILES string of the molecule is CCOC(=O)COc1c(Cl)cc(/C=C2/Sc3ccccc3C2=O)cc1OC. The van der Waals surface area contributed by atoms with Crippen LogP contribution in [0.2, 0.25) is 5.02 Å². The van der Waals surface area contributed by atoms with Crippen LogP contribution < -0.4 is 9.47 Å². The summed E-state index contributed by atoms with van der Waals surface area (Å²) in [5.41, 5.74) is 1.39. The van der Waals surface area contributed by atoms with Crippen LogP contribution >= 0.6 is 23.4 Å². The molecule has 5 nitrogen and oxygen atoms in total. The van der Waals surface area contributed by atoms with Crippen molar-refractivity contribution in [2.24, 2.45) is 0 Å². The summed E-state index contributed by atoms with van der Waals surface area (Å²) in [4.78, 5) is 25.5. The highest BCUT2D eigenvalue weighted by Crippen LogP contribution is 2.42. The van der Waals surface area contributed by atoms with E-state index in [2.05, 4.69) is 0 Å². The molecule has 1 aliphatic heterocycles. The van der Waals surface area contributed by atoms with E-state index in [1.165, 1.54) is 18.9 Å². The van der Waals surface area contributed by atoms with Gasteiger partial charge in [-0.1, -0.05) is 35.5 Å². The van der Waals surface area contributed by atoms with Gasteiger partial charge in [0, 0.05) is 10.5 Å². The van der Waals surface area contributed by atoms with Gasteiger partial charge in [0.25, 0.3) is 0 Å². The maximum absolute atomic E-state index is 12.5. The Labute approximate surface area is 166 Å². The Morgan fingerprint density at radius 2 is 2.04 bits per heavy atom. The summed E-state index contributed by atoms with van der Waals surface area (Å²) in [7, 11) is 1.48. The van der Waals surface area contributed by atoms with Crippen molar-refractivity contribution in [2.45, 2.75) is 11.8 Å². The number of rotatable bonds is 6. The topological polar surface area (TPSA) is 61.8 Å². The second-order valence-electron chi connectivity index (χ2n) is 5.56. The molecule has 27 heavy (non-hydrogen) atoms. The Bertz CT molecular complexity index is 923. The van der Waals surface area contributed by atoms with E-state index >= 15 is 0 Å². The van der Waals surface area contributed by atoms with Crippen molar-refractivity contribution in [3.8, 4) is 11.5 Å². The monoisotopic (exact) mass is 404 g/mol. The first kappa shape index (κ1) is 19.3. The molecule has 2 aromatic rings. The lowest BCUT2D eigenvalue weighted by atomic mass is 10.1. The van der Waals surface area contributed by atoms with Gasteiger partial charge in [-0.3, -0.25) is 4.79 Å². The molecule has 0 aromatic heterocycles. The van der Waals surface area contributed by atoms with E-state index in [9.17, 15) is 9.59 Å². The zero-order valence-electron chi connectivity index (χ0n) is 14.8. The number of hydrogen-bond donors (Lipinski definition) is 0. The van der Waals surface area contributed by atoms with Crippen molar-refractivity contribution < 1.29 is 23.8 Å². The van der Waals surface area contributed by atoms with Crippen LogP contribution in [0.5, 0.6) is 11.5 Å². The zero-order chi connectivity index (χ0) is 19.4. The Kier molecular flexibility index (Phi) is 6.08. The number of ether oxygens (including phenoxy) is 3. The number of hydrogen-bond acceptors (Lipinski definition) is 6. The van der Waals surface area contributed by atoms with Gasteiger partial charge in [0.1, 0.15) is 0 Å². The van der Waals surface area contributed by atoms with Crippen molar-refractivity contribution in [2.75, 3.05) is 20.3 Å². The van der Waals surface area contributed by atoms with Crippen molar-refractivity contribution in [3.63, 3.8) is 0 Å².